The van der Waals surface area contributed by atoms with Crippen molar-refractivity contribution in [3.05, 3.63) is 29.8 Å². The summed E-state index contributed by atoms with van der Waals surface area (Å²) >= 11 is 0. The number of rotatable bonds is 2. The maximum Gasteiger partial charge on any atom is 0.122 e. The van der Waals surface area contributed by atoms with E-state index in [4.69, 9.17) is 15.2 Å². The average molecular weight is 233 g/mol. The lowest BCUT2D eigenvalue weighted by Gasteiger charge is -2.29. The van der Waals surface area contributed by atoms with Gasteiger partial charge in [0.15, 0.2) is 0 Å². The molecule has 1 aromatic carbocycles. The summed E-state index contributed by atoms with van der Waals surface area (Å²) in [7, 11) is 0. The van der Waals surface area contributed by atoms with Gasteiger partial charge in [-0.1, -0.05) is 18.2 Å². The Bertz CT molecular complexity index is 420. The van der Waals surface area contributed by atoms with E-state index in [9.17, 15) is 0 Å². The molecule has 0 radical (unpaired) electrons. The summed E-state index contributed by atoms with van der Waals surface area (Å²) in [5.41, 5.74) is 7.57. The fourth-order valence-corrected chi connectivity index (χ4v) is 2.92. The van der Waals surface area contributed by atoms with E-state index in [1.54, 1.807) is 0 Å². The van der Waals surface area contributed by atoms with Gasteiger partial charge in [0.25, 0.3) is 0 Å². The first-order chi connectivity index (χ1) is 8.19. The van der Waals surface area contributed by atoms with Crippen LogP contribution in [0.3, 0.4) is 0 Å². The largest absolute Gasteiger partial charge is 0.493 e. The molecule has 2 aliphatic rings. The summed E-state index contributed by atoms with van der Waals surface area (Å²) in [4.78, 5) is 0. The molecule has 0 aromatic heterocycles. The molecule has 2 aliphatic heterocycles. The summed E-state index contributed by atoms with van der Waals surface area (Å²) in [5, 5.41) is 0. The fraction of sp³-hybridized carbons (Fsp3) is 0.571. The lowest BCUT2D eigenvalue weighted by atomic mass is 9.81. The summed E-state index contributed by atoms with van der Waals surface area (Å²) < 4.78 is 11.3. The second kappa shape index (κ2) is 4.00. The van der Waals surface area contributed by atoms with E-state index >= 15 is 0 Å². The first-order valence-corrected chi connectivity index (χ1v) is 6.31. The third-order valence-corrected chi connectivity index (χ3v) is 4.17. The third kappa shape index (κ3) is 1.83. The van der Waals surface area contributed by atoms with E-state index in [1.807, 2.05) is 12.1 Å². The van der Waals surface area contributed by atoms with Crippen molar-refractivity contribution in [3.8, 4) is 5.75 Å². The Morgan fingerprint density at radius 1 is 1.41 bits per heavy atom. The molecular weight excluding hydrogens is 214 g/mol. The first-order valence-electron chi connectivity index (χ1n) is 6.31. The van der Waals surface area contributed by atoms with E-state index in [0.29, 0.717) is 5.92 Å². The average Bonchev–Trinajstić information content (AvgIpc) is 2.86. The molecule has 0 amide bonds. The standard InChI is InChI=1S/C14H19NO2/c1-10-14(15,6-7-16-10)8-11-9-17-13-5-3-2-4-12(11)13/h2-5,10-11H,6-9,15H2,1H3. The fourth-order valence-electron chi connectivity index (χ4n) is 2.92. The molecular formula is C14H19NO2. The van der Waals surface area contributed by atoms with Crippen LogP contribution in [0, 0.1) is 0 Å². The molecule has 1 fully saturated rings. The smallest absolute Gasteiger partial charge is 0.122 e. The van der Waals surface area contributed by atoms with Gasteiger partial charge in [0.1, 0.15) is 5.75 Å². The Morgan fingerprint density at radius 3 is 3.00 bits per heavy atom. The highest BCUT2D eigenvalue weighted by atomic mass is 16.5. The molecule has 3 atom stereocenters. The number of hydrogen-bond acceptors (Lipinski definition) is 3. The molecule has 3 unspecified atom stereocenters. The second-order valence-corrected chi connectivity index (χ2v) is 5.25. The first kappa shape index (κ1) is 11.1. The van der Waals surface area contributed by atoms with E-state index in [-0.39, 0.29) is 11.6 Å². The molecule has 2 heterocycles. The SMILES string of the molecule is CC1OCCC1(N)CC1COc2ccccc21. The van der Waals surface area contributed by atoms with Crippen LogP contribution < -0.4 is 10.5 Å². The van der Waals surface area contributed by atoms with Crippen molar-refractivity contribution in [2.24, 2.45) is 5.73 Å². The Morgan fingerprint density at radius 2 is 2.24 bits per heavy atom. The quantitative estimate of drug-likeness (QED) is 0.850. The van der Waals surface area contributed by atoms with Gasteiger partial charge in [0.2, 0.25) is 0 Å². The predicted octanol–water partition coefficient (Wildman–Crippen LogP) is 2.06. The van der Waals surface area contributed by atoms with Gasteiger partial charge in [-0.2, -0.15) is 0 Å². The molecule has 0 spiro atoms. The maximum absolute atomic E-state index is 6.46. The Kier molecular flexibility index (Phi) is 2.60. The van der Waals surface area contributed by atoms with Crippen LogP contribution in [0.1, 0.15) is 31.2 Å². The highest BCUT2D eigenvalue weighted by Gasteiger charge is 2.41. The molecule has 3 rings (SSSR count). The Balaban J connectivity index is 1.79. The molecule has 0 bridgehead atoms. The lowest BCUT2D eigenvalue weighted by Crippen LogP contribution is -2.47. The summed E-state index contributed by atoms with van der Waals surface area (Å²) in [6, 6.07) is 8.27. The number of fused-ring (bicyclic) bond motifs is 1. The number of hydrogen-bond donors (Lipinski definition) is 1. The summed E-state index contributed by atoms with van der Waals surface area (Å²) in [6.07, 6.45) is 2.05. The van der Waals surface area contributed by atoms with Crippen LogP contribution >= 0.6 is 0 Å². The Labute approximate surface area is 102 Å². The zero-order valence-corrected chi connectivity index (χ0v) is 10.2. The second-order valence-electron chi connectivity index (χ2n) is 5.25. The van der Waals surface area contributed by atoms with Crippen molar-refractivity contribution in [2.45, 2.75) is 37.3 Å². The molecule has 0 aliphatic carbocycles. The van der Waals surface area contributed by atoms with Crippen molar-refractivity contribution >= 4 is 0 Å². The molecule has 3 heteroatoms. The highest BCUT2D eigenvalue weighted by Crippen LogP contribution is 2.40. The lowest BCUT2D eigenvalue weighted by molar-refractivity contribution is 0.0895. The van der Waals surface area contributed by atoms with Crippen molar-refractivity contribution in [1.29, 1.82) is 0 Å². The van der Waals surface area contributed by atoms with Gasteiger partial charge in [-0.15, -0.1) is 0 Å². The van der Waals surface area contributed by atoms with Crippen molar-refractivity contribution in [1.82, 2.24) is 0 Å². The third-order valence-electron chi connectivity index (χ3n) is 4.17. The molecule has 3 nitrogen and oxygen atoms in total. The van der Waals surface area contributed by atoms with E-state index in [1.165, 1.54) is 5.56 Å². The molecule has 1 aromatic rings. The van der Waals surface area contributed by atoms with Gasteiger partial charge < -0.3 is 15.2 Å². The number of ether oxygens (including phenoxy) is 2. The minimum Gasteiger partial charge on any atom is -0.493 e. The topological polar surface area (TPSA) is 44.5 Å². The van der Waals surface area contributed by atoms with Crippen LogP contribution in [-0.4, -0.2) is 24.9 Å². The molecule has 0 saturated carbocycles. The molecule has 17 heavy (non-hydrogen) atoms. The van der Waals surface area contributed by atoms with Gasteiger partial charge in [0.05, 0.1) is 12.7 Å². The van der Waals surface area contributed by atoms with Crippen molar-refractivity contribution < 1.29 is 9.47 Å². The molecule has 92 valence electrons. The van der Waals surface area contributed by atoms with Crippen molar-refractivity contribution in [2.75, 3.05) is 13.2 Å². The monoisotopic (exact) mass is 233 g/mol. The molecule has 2 N–H and O–H groups in total. The van der Waals surface area contributed by atoms with E-state index in [2.05, 4.69) is 19.1 Å². The zero-order chi connectivity index (χ0) is 11.9. The van der Waals surface area contributed by atoms with Gasteiger partial charge in [-0.25, -0.2) is 0 Å². The van der Waals surface area contributed by atoms with E-state index in [0.717, 1.165) is 31.8 Å². The van der Waals surface area contributed by atoms with Gasteiger partial charge in [-0.05, 0) is 25.8 Å². The van der Waals surface area contributed by atoms with Crippen LogP contribution in [0.5, 0.6) is 5.75 Å². The summed E-state index contributed by atoms with van der Waals surface area (Å²) in [5.74, 6) is 1.44. The minimum atomic E-state index is -0.189. The normalized spacial score (nSPS) is 35.6. The highest BCUT2D eigenvalue weighted by molar-refractivity contribution is 5.40. The maximum atomic E-state index is 6.46. The minimum absolute atomic E-state index is 0.148. The van der Waals surface area contributed by atoms with Crippen LogP contribution in [0.15, 0.2) is 24.3 Å². The number of nitrogens with two attached hydrogens (primary N) is 1. The number of para-hydroxylation sites is 1. The Hall–Kier alpha value is -1.06. The van der Waals surface area contributed by atoms with Crippen LogP contribution in [0.4, 0.5) is 0 Å². The van der Waals surface area contributed by atoms with E-state index < -0.39 is 0 Å². The summed E-state index contributed by atoms with van der Waals surface area (Å²) in [6.45, 7) is 3.62. The zero-order valence-electron chi connectivity index (χ0n) is 10.2. The van der Waals surface area contributed by atoms with Gasteiger partial charge in [-0.3, -0.25) is 0 Å². The number of benzene rings is 1. The van der Waals surface area contributed by atoms with Gasteiger partial charge in [0, 0.05) is 23.6 Å². The van der Waals surface area contributed by atoms with Crippen molar-refractivity contribution in [3.63, 3.8) is 0 Å². The van der Waals surface area contributed by atoms with Crippen LogP contribution in [0.2, 0.25) is 0 Å². The predicted molar refractivity (Wildman–Crippen MR) is 66.2 cm³/mol. The van der Waals surface area contributed by atoms with Crippen LogP contribution in [0.25, 0.3) is 0 Å². The van der Waals surface area contributed by atoms with Crippen LogP contribution in [-0.2, 0) is 4.74 Å². The van der Waals surface area contributed by atoms with Gasteiger partial charge >= 0.3 is 0 Å². The molecule has 1 saturated heterocycles.